The van der Waals surface area contributed by atoms with E-state index < -0.39 is 0 Å². The van der Waals surface area contributed by atoms with E-state index in [0.29, 0.717) is 18.2 Å². The summed E-state index contributed by atoms with van der Waals surface area (Å²) in [6.45, 7) is 9.33. The minimum Gasteiger partial charge on any atom is -0.476 e. The highest BCUT2D eigenvalue weighted by Gasteiger charge is 2.24. The summed E-state index contributed by atoms with van der Waals surface area (Å²) in [5.41, 5.74) is 6.73. The molecule has 1 aliphatic heterocycles. The summed E-state index contributed by atoms with van der Waals surface area (Å²) in [6, 6.07) is 0. The predicted molar refractivity (Wildman–Crippen MR) is 82.0 cm³/mol. The molecule has 20 heavy (non-hydrogen) atoms. The second-order valence-electron chi connectivity index (χ2n) is 5.83. The Balaban J connectivity index is 2.06. The molecule has 1 aromatic rings. The van der Waals surface area contributed by atoms with Crippen LogP contribution < -0.4 is 15.4 Å². The van der Waals surface area contributed by atoms with Gasteiger partial charge < -0.3 is 15.4 Å². The van der Waals surface area contributed by atoms with Gasteiger partial charge >= 0.3 is 0 Å². The molecule has 2 rings (SSSR count). The molecule has 5 heteroatoms. The van der Waals surface area contributed by atoms with Gasteiger partial charge in [0.2, 0.25) is 5.88 Å². The molecule has 0 saturated carbocycles. The Morgan fingerprint density at radius 1 is 1.35 bits per heavy atom. The molecule has 1 aromatic heterocycles. The van der Waals surface area contributed by atoms with Crippen LogP contribution in [0.25, 0.3) is 0 Å². The van der Waals surface area contributed by atoms with Gasteiger partial charge in [0, 0.05) is 13.1 Å². The van der Waals surface area contributed by atoms with Gasteiger partial charge in [-0.05, 0) is 31.1 Å². The Morgan fingerprint density at radius 2 is 2.05 bits per heavy atom. The van der Waals surface area contributed by atoms with Crippen LogP contribution in [0.4, 0.5) is 11.5 Å². The highest BCUT2D eigenvalue weighted by atomic mass is 16.5. The number of nitrogens with two attached hydrogens (primary N) is 1. The normalized spacial score (nSPS) is 16.7. The van der Waals surface area contributed by atoms with Crippen molar-refractivity contribution in [3.8, 4) is 5.88 Å². The molecule has 0 bridgehead atoms. The van der Waals surface area contributed by atoms with Crippen LogP contribution >= 0.6 is 0 Å². The summed E-state index contributed by atoms with van der Waals surface area (Å²) >= 11 is 0. The Hall–Kier alpha value is -1.52. The topological polar surface area (TPSA) is 64.3 Å². The number of hydrogen-bond acceptors (Lipinski definition) is 5. The molecule has 1 fully saturated rings. The van der Waals surface area contributed by atoms with Crippen LogP contribution in [0.1, 0.15) is 40.0 Å². The number of aromatic nitrogens is 2. The van der Waals surface area contributed by atoms with Crippen molar-refractivity contribution in [1.29, 1.82) is 0 Å². The minimum absolute atomic E-state index is 0.517. The van der Waals surface area contributed by atoms with Crippen LogP contribution in [0, 0.1) is 11.8 Å². The molecule has 5 nitrogen and oxygen atoms in total. The average Bonchev–Trinajstić information content (AvgIpc) is 2.46. The monoisotopic (exact) mass is 278 g/mol. The van der Waals surface area contributed by atoms with E-state index in [1.165, 1.54) is 12.8 Å². The van der Waals surface area contributed by atoms with Crippen molar-refractivity contribution in [2.45, 2.75) is 40.0 Å². The predicted octanol–water partition coefficient (Wildman–Crippen LogP) is 2.72. The lowest BCUT2D eigenvalue weighted by atomic mass is 9.87. The quantitative estimate of drug-likeness (QED) is 0.897. The SMILES string of the molecule is CCCOc1ncnc(N2CCC(C(C)C)CC2)c1N. The van der Waals surface area contributed by atoms with Crippen molar-refractivity contribution in [3.63, 3.8) is 0 Å². The maximum absolute atomic E-state index is 6.16. The van der Waals surface area contributed by atoms with Crippen LogP contribution in [0.15, 0.2) is 6.33 Å². The summed E-state index contributed by atoms with van der Waals surface area (Å²) in [4.78, 5) is 10.7. The first-order valence-electron chi connectivity index (χ1n) is 7.61. The van der Waals surface area contributed by atoms with Crippen LogP contribution in [0.3, 0.4) is 0 Å². The van der Waals surface area contributed by atoms with E-state index in [4.69, 9.17) is 10.5 Å². The van der Waals surface area contributed by atoms with E-state index in [1.54, 1.807) is 6.33 Å². The van der Waals surface area contributed by atoms with Crippen LogP contribution in [-0.2, 0) is 0 Å². The van der Waals surface area contributed by atoms with Crippen molar-refractivity contribution >= 4 is 11.5 Å². The molecule has 0 aromatic carbocycles. The number of anilines is 2. The highest BCUT2D eigenvalue weighted by molar-refractivity contribution is 5.67. The first kappa shape index (κ1) is 14.9. The summed E-state index contributed by atoms with van der Waals surface area (Å²) < 4.78 is 5.57. The van der Waals surface area contributed by atoms with E-state index in [2.05, 4.69) is 35.6 Å². The van der Waals surface area contributed by atoms with Gasteiger partial charge in [0.15, 0.2) is 5.82 Å². The average molecular weight is 278 g/mol. The van der Waals surface area contributed by atoms with Crippen LogP contribution in [0.2, 0.25) is 0 Å². The molecule has 0 spiro atoms. The number of rotatable bonds is 5. The van der Waals surface area contributed by atoms with E-state index in [1.807, 2.05) is 0 Å². The highest BCUT2D eigenvalue weighted by Crippen LogP contribution is 2.32. The smallest absolute Gasteiger partial charge is 0.242 e. The zero-order valence-corrected chi connectivity index (χ0v) is 12.8. The fourth-order valence-electron chi connectivity index (χ4n) is 2.71. The number of nitrogen functional groups attached to an aromatic ring is 1. The number of hydrogen-bond donors (Lipinski definition) is 1. The third-order valence-corrected chi connectivity index (χ3v) is 4.05. The van der Waals surface area contributed by atoms with Gasteiger partial charge in [-0.3, -0.25) is 0 Å². The third kappa shape index (κ3) is 3.32. The Labute approximate surface area is 121 Å². The molecule has 0 atom stereocenters. The molecule has 1 saturated heterocycles. The summed E-state index contributed by atoms with van der Waals surface area (Å²) in [7, 11) is 0. The molecule has 0 aliphatic carbocycles. The van der Waals surface area contributed by atoms with Gasteiger partial charge in [-0.2, -0.15) is 4.98 Å². The molecule has 0 unspecified atom stereocenters. The lowest BCUT2D eigenvalue weighted by Gasteiger charge is -2.35. The van der Waals surface area contributed by atoms with Gasteiger partial charge in [-0.15, -0.1) is 0 Å². The Morgan fingerprint density at radius 3 is 2.65 bits per heavy atom. The molecule has 0 radical (unpaired) electrons. The molecule has 2 N–H and O–H groups in total. The number of ether oxygens (including phenoxy) is 1. The maximum atomic E-state index is 6.16. The minimum atomic E-state index is 0.517. The van der Waals surface area contributed by atoms with Crippen LogP contribution in [-0.4, -0.2) is 29.7 Å². The molecular formula is C15H26N4O. The zero-order chi connectivity index (χ0) is 14.5. The Bertz CT molecular complexity index is 428. The van der Waals surface area contributed by atoms with E-state index in [9.17, 15) is 0 Å². The van der Waals surface area contributed by atoms with Crippen LogP contribution in [0.5, 0.6) is 5.88 Å². The first-order valence-corrected chi connectivity index (χ1v) is 7.61. The lowest BCUT2D eigenvalue weighted by molar-refractivity contribution is 0.303. The third-order valence-electron chi connectivity index (χ3n) is 4.05. The van der Waals surface area contributed by atoms with E-state index >= 15 is 0 Å². The summed E-state index contributed by atoms with van der Waals surface area (Å²) in [5.74, 6) is 2.91. The van der Waals surface area contributed by atoms with Gasteiger partial charge in [0.25, 0.3) is 0 Å². The van der Waals surface area contributed by atoms with Gasteiger partial charge in [-0.25, -0.2) is 4.98 Å². The second kappa shape index (κ2) is 6.77. The van der Waals surface area contributed by atoms with Crippen molar-refractivity contribution in [2.24, 2.45) is 11.8 Å². The van der Waals surface area contributed by atoms with Gasteiger partial charge in [-0.1, -0.05) is 20.8 Å². The molecular weight excluding hydrogens is 252 g/mol. The zero-order valence-electron chi connectivity index (χ0n) is 12.8. The molecule has 0 amide bonds. The fourth-order valence-corrected chi connectivity index (χ4v) is 2.71. The van der Waals surface area contributed by atoms with Gasteiger partial charge in [0.1, 0.15) is 12.0 Å². The second-order valence-corrected chi connectivity index (χ2v) is 5.83. The van der Waals surface area contributed by atoms with Crippen molar-refractivity contribution in [2.75, 3.05) is 30.3 Å². The van der Waals surface area contributed by atoms with Crippen molar-refractivity contribution < 1.29 is 4.74 Å². The molecule has 112 valence electrons. The number of nitrogens with zero attached hydrogens (tertiary/aromatic N) is 3. The maximum Gasteiger partial charge on any atom is 0.242 e. The van der Waals surface area contributed by atoms with E-state index in [-0.39, 0.29) is 0 Å². The van der Waals surface area contributed by atoms with Gasteiger partial charge in [0.05, 0.1) is 6.61 Å². The van der Waals surface area contributed by atoms with E-state index in [0.717, 1.165) is 37.2 Å². The lowest BCUT2D eigenvalue weighted by Crippen LogP contribution is -2.36. The van der Waals surface area contributed by atoms with Crippen molar-refractivity contribution in [3.05, 3.63) is 6.33 Å². The molecule has 1 aliphatic rings. The first-order chi connectivity index (χ1) is 9.63. The summed E-state index contributed by atoms with van der Waals surface area (Å²) in [6.07, 6.45) is 4.89. The largest absolute Gasteiger partial charge is 0.476 e. The Kier molecular flexibility index (Phi) is 5.04. The summed E-state index contributed by atoms with van der Waals surface area (Å²) in [5, 5.41) is 0. The number of piperidine rings is 1. The molecule has 2 heterocycles. The standard InChI is InChI=1S/C15H26N4O/c1-4-9-20-15-13(16)14(17-10-18-15)19-7-5-12(6-8-19)11(2)3/h10-12H,4-9,16H2,1-3H3. The van der Waals surface area contributed by atoms with Crippen molar-refractivity contribution in [1.82, 2.24) is 9.97 Å². The fraction of sp³-hybridized carbons (Fsp3) is 0.733.